The van der Waals surface area contributed by atoms with Crippen LogP contribution in [0.3, 0.4) is 0 Å². The molecule has 1 heterocycles. The number of hydrogen-bond donors (Lipinski definition) is 0. The van der Waals surface area contributed by atoms with Crippen molar-refractivity contribution in [1.29, 1.82) is 0 Å². The van der Waals surface area contributed by atoms with Gasteiger partial charge in [-0.25, -0.2) is 4.58 Å². The second kappa shape index (κ2) is 5.72. The molecule has 17 heavy (non-hydrogen) atoms. The van der Waals surface area contributed by atoms with Crippen LogP contribution in [0.5, 0.6) is 0 Å². The maximum atomic E-state index is 3.25. The van der Waals surface area contributed by atoms with E-state index in [0.717, 1.165) is 6.54 Å². The topological polar surface area (TPSA) is 3.01 Å². The molecule has 0 saturated carbocycles. The van der Waals surface area contributed by atoms with Crippen LogP contribution in [0.2, 0.25) is 0 Å². The Morgan fingerprint density at radius 1 is 1.35 bits per heavy atom. The molecule has 2 rings (SSSR count). The number of nitrogens with zero attached hydrogens (tertiary/aromatic N) is 1. The molecule has 3 heteroatoms. The molecule has 0 unspecified atom stereocenters. The molecule has 1 aliphatic heterocycles. The molecule has 0 spiro atoms. The molecule has 0 atom stereocenters. The minimum atomic E-state index is 0. The quantitative estimate of drug-likeness (QED) is 0.321. The molecule has 0 saturated heterocycles. The van der Waals surface area contributed by atoms with Crippen molar-refractivity contribution >= 4 is 34.0 Å². The van der Waals surface area contributed by atoms with Crippen molar-refractivity contribution in [3.05, 3.63) is 27.3 Å². The first kappa shape index (κ1) is 15.7. The van der Waals surface area contributed by atoms with E-state index in [2.05, 4.69) is 73.1 Å². The predicted octanol–water partition coefficient (Wildman–Crippen LogP) is 0.901. The number of fused-ring (bicyclic) bond motifs is 1. The Hall–Kier alpha value is 0.620. The van der Waals surface area contributed by atoms with Crippen molar-refractivity contribution in [2.24, 2.45) is 0 Å². The summed E-state index contributed by atoms with van der Waals surface area (Å²) in [5, 5.41) is 0. The Kier molecular flexibility index (Phi) is 5.28. The molecule has 0 aliphatic carbocycles. The number of hydrogen-bond acceptors (Lipinski definition) is 0. The monoisotopic (exact) mass is 354 g/mol. The van der Waals surface area contributed by atoms with Crippen LogP contribution < -0.4 is 29.6 Å². The molecule has 0 amide bonds. The summed E-state index contributed by atoms with van der Waals surface area (Å²) < 4.78 is 3.79. The average molecular weight is 354 g/mol. The van der Waals surface area contributed by atoms with E-state index in [9.17, 15) is 0 Å². The second-order valence-electron chi connectivity index (χ2n) is 4.93. The summed E-state index contributed by atoms with van der Waals surface area (Å²) >= 11 is 2.42. The van der Waals surface area contributed by atoms with Crippen LogP contribution in [-0.4, -0.2) is 16.8 Å². The van der Waals surface area contributed by atoms with Gasteiger partial charge in [-0.05, 0) is 3.57 Å². The summed E-state index contributed by atoms with van der Waals surface area (Å²) in [6, 6.07) is 7.48. The summed E-state index contributed by atoms with van der Waals surface area (Å²) in [4.78, 5) is 0. The number of benzene rings is 1. The summed E-state index contributed by atoms with van der Waals surface area (Å²) in [5.41, 5.74) is 4.44. The zero-order valence-corrected chi connectivity index (χ0v) is 15.6. The molecule has 1 aromatic rings. The van der Waals surface area contributed by atoms with E-state index in [1.807, 2.05) is 0 Å². The SMILES string of the molecule is CCC[N+]1=C(C)C(C)(C)c2c[c-]cc([131I])c21.[Na+]. The summed E-state index contributed by atoms with van der Waals surface area (Å²) in [5.74, 6) is 0. The van der Waals surface area contributed by atoms with Crippen molar-refractivity contribution in [2.45, 2.75) is 39.5 Å². The van der Waals surface area contributed by atoms with Gasteiger partial charge in [-0.2, -0.15) is 18.2 Å². The van der Waals surface area contributed by atoms with Crippen LogP contribution >= 0.6 is 22.6 Å². The van der Waals surface area contributed by atoms with Gasteiger partial charge in [0.1, 0.15) is 12.2 Å². The molecule has 0 radical (unpaired) electrons. The van der Waals surface area contributed by atoms with E-state index in [1.165, 1.54) is 27.0 Å². The first-order chi connectivity index (χ1) is 7.50. The van der Waals surface area contributed by atoms with Crippen molar-refractivity contribution in [3.8, 4) is 0 Å². The maximum Gasteiger partial charge on any atom is 1.00 e. The summed E-state index contributed by atoms with van der Waals surface area (Å²) in [7, 11) is 0. The number of rotatable bonds is 2. The van der Waals surface area contributed by atoms with Gasteiger partial charge in [-0.15, -0.1) is 22.6 Å². The van der Waals surface area contributed by atoms with Gasteiger partial charge in [0.2, 0.25) is 0 Å². The third-order valence-corrected chi connectivity index (χ3v) is 4.44. The van der Waals surface area contributed by atoms with Crippen LogP contribution in [-0.2, 0) is 5.41 Å². The van der Waals surface area contributed by atoms with Crippen molar-refractivity contribution in [1.82, 2.24) is 0 Å². The van der Waals surface area contributed by atoms with Gasteiger partial charge >= 0.3 is 29.6 Å². The fourth-order valence-electron chi connectivity index (χ4n) is 2.42. The molecule has 1 nitrogen and oxygen atoms in total. The Bertz CT molecular complexity index is 463. The molecular formula is C14H18INNa+. The van der Waals surface area contributed by atoms with Crippen LogP contribution in [0.1, 0.15) is 39.7 Å². The largest absolute Gasteiger partial charge is 1.00 e. The van der Waals surface area contributed by atoms with Crippen LogP contribution in [0, 0.1) is 9.64 Å². The molecule has 0 aromatic heterocycles. The van der Waals surface area contributed by atoms with E-state index in [-0.39, 0.29) is 35.0 Å². The summed E-state index contributed by atoms with van der Waals surface area (Å²) in [6.07, 6.45) is 1.18. The fourth-order valence-corrected chi connectivity index (χ4v) is 3.18. The van der Waals surface area contributed by atoms with Crippen LogP contribution in [0.25, 0.3) is 0 Å². The standard InChI is InChI=1S/C14H18IN.Na/c1-5-9-16-10(2)14(3,4)11-7-6-8-12(15)13(11)16;/h7-8H,5,9H2,1-4H3;/q;+1/i15+4;. The molecule has 0 bridgehead atoms. The molecular weight excluding hydrogens is 336 g/mol. The minimum Gasteiger partial charge on any atom is -0.221 e. The third kappa shape index (κ3) is 2.51. The van der Waals surface area contributed by atoms with Gasteiger partial charge in [0.25, 0.3) is 0 Å². The smallest absolute Gasteiger partial charge is 0.221 e. The van der Waals surface area contributed by atoms with E-state index < -0.39 is 0 Å². The molecule has 86 valence electrons. The summed E-state index contributed by atoms with van der Waals surface area (Å²) in [6.45, 7) is 10.2. The van der Waals surface area contributed by atoms with Gasteiger partial charge in [-0.3, -0.25) is 0 Å². The van der Waals surface area contributed by atoms with E-state index >= 15 is 0 Å². The molecule has 0 fully saturated rings. The van der Waals surface area contributed by atoms with Crippen molar-refractivity contribution in [3.63, 3.8) is 0 Å². The van der Waals surface area contributed by atoms with Crippen molar-refractivity contribution in [2.75, 3.05) is 6.54 Å². The minimum absolute atomic E-state index is 0. The van der Waals surface area contributed by atoms with Gasteiger partial charge in [0, 0.05) is 18.8 Å². The fraction of sp³-hybridized carbons (Fsp3) is 0.500. The van der Waals surface area contributed by atoms with E-state index in [4.69, 9.17) is 0 Å². The first-order valence-electron chi connectivity index (χ1n) is 5.81. The van der Waals surface area contributed by atoms with Gasteiger partial charge in [0.15, 0.2) is 5.71 Å². The average Bonchev–Trinajstić information content (AvgIpc) is 2.42. The second-order valence-corrected chi connectivity index (χ2v) is 6.09. The molecule has 0 N–H and O–H groups in total. The molecule has 1 aliphatic rings. The Morgan fingerprint density at radius 3 is 2.59 bits per heavy atom. The van der Waals surface area contributed by atoms with E-state index in [1.54, 1.807) is 0 Å². The van der Waals surface area contributed by atoms with E-state index in [0.29, 0.717) is 0 Å². The van der Waals surface area contributed by atoms with Crippen LogP contribution in [0.15, 0.2) is 12.1 Å². The Labute approximate surface area is 140 Å². The third-order valence-electron chi connectivity index (χ3n) is 3.62. The van der Waals surface area contributed by atoms with Gasteiger partial charge < -0.3 is 0 Å². The van der Waals surface area contributed by atoms with Crippen LogP contribution in [0.4, 0.5) is 5.69 Å². The Morgan fingerprint density at radius 2 is 2.00 bits per heavy atom. The number of halogens is 1. The Balaban J connectivity index is 0.00000144. The van der Waals surface area contributed by atoms with Crippen molar-refractivity contribution < 1.29 is 34.1 Å². The van der Waals surface area contributed by atoms with Gasteiger partial charge in [-0.1, -0.05) is 26.3 Å². The molecule has 1 aromatic carbocycles. The van der Waals surface area contributed by atoms with Gasteiger partial charge in [0.05, 0.1) is 0 Å². The maximum absolute atomic E-state index is 3.25. The first-order valence-corrected chi connectivity index (χ1v) is 6.89. The predicted molar refractivity (Wildman–Crippen MR) is 76.8 cm³/mol. The zero-order chi connectivity index (χ0) is 11.9. The zero-order valence-electron chi connectivity index (χ0n) is 11.4. The normalized spacial score (nSPS) is 16.8.